The summed E-state index contributed by atoms with van der Waals surface area (Å²) in [6, 6.07) is 2.97. The van der Waals surface area contributed by atoms with E-state index < -0.39 is 5.54 Å². The molecule has 86 valence electrons. The van der Waals surface area contributed by atoms with Gasteiger partial charge in [-0.05, 0) is 39.7 Å². The summed E-state index contributed by atoms with van der Waals surface area (Å²) in [4.78, 5) is 2.44. The van der Waals surface area contributed by atoms with E-state index in [0.29, 0.717) is 6.04 Å². The highest BCUT2D eigenvalue weighted by atomic mass is 15.2. The highest BCUT2D eigenvalue weighted by molar-refractivity contribution is 5.05. The molecule has 0 saturated carbocycles. The molecule has 0 bridgehead atoms. The largest absolute Gasteiger partial charge is 0.302 e. The van der Waals surface area contributed by atoms with Crippen LogP contribution in [0.3, 0.4) is 0 Å². The highest BCUT2D eigenvalue weighted by Gasteiger charge is 2.30. The van der Waals surface area contributed by atoms with Crippen molar-refractivity contribution in [2.24, 2.45) is 5.92 Å². The van der Waals surface area contributed by atoms with E-state index in [-0.39, 0.29) is 0 Å². The van der Waals surface area contributed by atoms with E-state index in [4.69, 9.17) is 5.26 Å². The molecule has 1 saturated heterocycles. The fourth-order valence-electron chi connectivity index (χ4n) is 2.18. The number of likely N-dealkylation sites (tertiary alicyclic amines) is 1. The minimum Gasteiger partial charge on any atom is -0.302 e. The van der Waals surface area contributed by atoms with Crippen LogP contribution in [0.25, 0.3) is 0 Å². The van der Waals surface area contributed by atoms with Gasteiger partial charge in [0.1, 0.15) is 5.54 Å². The van der Waals surface area contributed by atoms with Gasteiger partial charge in [-0.2, -0.15) is 5.26 Å². The fraction of sp³-hybridized carbons (Fsp3) is 0.917. The molecule has 3 unspecified atom stereocenters. The lowest BCUT2D eigenvalue weighted by molar-refractivity contribution is 0.104. The molecule has 1 N–H and O–H groups in total. The maximum Gasteiger partial charge on any atom is 0.116 e. The summed E-state index contributed by atoms with van der Waals surface area (Å²) in [5, 5.41) is 12.2. The van der Waals surface area contributed by atoms with E-state index in [2.05, 4.69) is 30.1 Å². The van der Waals surface area contributed by atoms with Crippen LogP contribution in [0.2, 0.25) is 0 Å². The molecular formula is C12H23N3. The zero-order valence-corrected chi connectivity index (χ0v) is 10.4. The minimum atomic E-state index is -0.411. The van der Waals surface area contributed by atoms with Crippen molar-refractivity contribution in [2.45, 2.75) is 45.2 Å². The molecule has 3 atom stereocenters. The van der Waals surface area contributed by atoms with Crippen LogP contribution in [0.15, 0.2) is 0 Å². The van der Waals surface area contributed by atoms with Gasteiger partial charge >= 0.3 is 0 Å². The van der Waals surface area contributed by atoms with Crippen LogP contribution in [0.4, 0.5) is 0 Å². The van der Waals surface area contributed by atoms with Crippen molar-refractivity contribution in [1.29, 1.82) is 5.26 Å². The first-order chi connectivity index (χ1) is 7.00. The van der Waals surface area contributed by atoms with E-state index in [1.165, 1.54) is 12.8 Å². The molecule has 0 spiro atoms. The summed E-state index contributed by atoms with van der Waals surface area (Å²) in [6.45, 7) is 8.48. The Labute approximate surface area is 93.5 Å². The lowest BCUT2D eigenvalue weighted by Crippen LogP contribution is -2.53. The highest BCUT2D eigenvalue weighted by Crippen LogP contribution is 2.22. The summed E-state index contributed by atoms with van der Waals surface area (Å²) >= 11 is 0. The van der Waals surface area contributed by atoms with Gasteiger partial charge in [-0.25, -0.2) is 0 Å². The van der Waals surface area contributed by atoms with Gasteiger partial charge in [-0.15, -0.1) is 0 Å². The number of hydrogen-bond donors (Lipinski definition) is 1. The average Bonchev–Trinajstić information content (AvgIpc) is 2.23. The van der Waals surface area contributed by atoms with Crippen LogP contribution in [0, 0.1) is 17.2 Å². The molecule has 0 radical (unpaired) electrons. The van der Waals surface area contributed by atoms with Crippen molar-refractivity contribution in [3.8, 4) is 6.07 Å². The van der Waals surface area contributed by atoms with Gasteiger partial charge in [0.15, 0.2) is 0 Å². The molecule has 0 aromatic rings. The van der Waals surface area contributed by atoms with Crippen molar-refractivity contribution in [3.05, 3.63) is 0 Å². The van der Waals surface area contributed by atoms with Gasteiger partial charge in [0.25, 0.3) is 0 Å². The second-order valence-corrected chi connectivity index (χ2v) is 5.15. The van der Waals surface area contributed by atoms with Gasteiger partial charge in [0.05, 0.1) is 6.07 Å². The van der Waals surface area contributed by atoms with E-state index in [9.17, 15) is 0 Å². The molecule has 0 aliphatic carbocycles. The van der Waals surface area contributed by atoms with Crippen LogP contribution in [-0.4, -0.2) is 36.6 Å². The van der Waals surface area contributed by atoms with E-state index in [0.717, 1.165) is 19.0 Å². The molecule has 3 nitrogen and oxygen atoms in total. The van der Waals surface area contributed by atoms with Gasteiger partial charge in [-0.3, -0.25) is 4.90 Å². The summed E-state index contributed by atoms with van der Waals surface area (Å²) in [7, 11) is 1.86. The zero-order chi connectivity index (χ0) is 11.5. The Balaban J connectivity index is 2.59. The first-order valence-corrected chi connectivity index (χ1v) is 5.85. The Kier molecular flexibility index (Phi) is 4.12. The predicted molar refractivity (Wildman–Crippen MR) is 62.5 cm³/mol. The molecule has 1 fully saturated rings. The number of nitrogens with zero attached hydrogens (tertiary/aromatic N) is 2. The molecule has 1 aliphatic heterocycles. The quantitative estimate of drug-likeness (QED) is 0.767. The minimum absolute atomic E-state index is 0.411. The molecule has 1 heterocycles. The second kappa shape index (κ2) is 4.96. The van der Waals surface area contributed by atoms with Crippen molar-refractivity contribution in [1.82, 2.24) is 10.2 Å². The number of rotatable bonds is 3. The lowest BCUT2D eigenvalue weighted by Gasteiger charge is -2.40. The first-order valence-electron chi connectivity index (χ1n) is 5.85. The molecule has 1 aliphatic rings. The molecule has 0 amide bonds. The maximum absolute atomic E-state index is 9.13. The van der Waals surface area contributed by atoms with Crippen LogP contribution in [-0.2, 0) is 0 Å². The van der Waals surface area contributed by atoms with Gasteiger partial charge in [0, 0.05) is 19.1 Å². The molecule has 15 heavy (non-hydrogen) atoms. The maximum atomic E-state index is 9.13. The van der Waals surface area contributed by atoms with Gasteiger partial charge in [-0.1, -0.05) is 6.92 Å². The van der Waals surface area contributed by atoms with Crippen LogP contribution in [0.1, 0.15) is 33.6 Å². The van der Waals surface area contributed by atoms with Gasteiger partial charge < -0.3 is 5.32 Å². The smallest absolute Gasteiger partial charge is 0.116 e. The lowest BCUT2D eigenvalue weighted by atomic mass is 9.92. The Morgan fingerprint density at radius 3 is 2.67 bits per heavy atom. The fourth-order valence-corrected chi connectivity index (χ4v) is 2.18. The number of nitriles is 1. The summed E-state index contributed by atoms with van der Waals surface area (Å²) in [5.74, 6) is 0.765. The Hall–Kier alpha value is -0.590. The molecule has 0 aromatic heterocycles. The Morgan fingerprint density at radius 2 is 2.13 bits per heavy atom. The number of piperidine rings is 1. The second-order valence-electron chi connectivity index (χ2n) is 5.15. The van der Waals surface area contributed by atoms with Crippen molar-refractivity contribution in [2.75, 3.05) is 20.1 Å². The van der Waals surface area contributed by atoms with Crippen LogP contribution < -0.4 is 5.32 Å². The third-order valence-corrected chi connectivity index (χ3v) is 3.56. The normalized spacial score (nSPS) is 31.9. The first kappa shape index (κ1) is 12.5. The molecular weight excluding hydrogens is 186 g/mol. The molecule has 3 heteroatoms. The van der Waals surface area contributed by atoms with E-state index in [1.807, 2.05) is 14.0 Å². The summed E-state index contributed by atoms with van der Waals surface area (Å²) in [6.07, 6.45) is 2.58. The van der Waals surface area contributed by atoms with E-state index in [1.54, 1.807) is 0 Å². The standard InChI is InChI=1S/C12H23N3/c1-10-5-6-11(2)15(7-10)9-12(3,8-13)14-4/h10-11,14H,5-7,9H2,1-4H3. The number of likely N-dealkylation sites (N-methyl/N-ethyl adjacent to an activating group) is 1. The zero-order valence-electron chi connectivity index (χ0n) is 10.4. The van der Waals surface area contributed by atoms with Crippen molar-refractivity contribution >= 4 is 0 Å². The molecule has 0 aromatic carbocycles. The number of hydrogen-bond acceptors (Lipinski definition) is 3. The molecule has 1 rings (SSSR count). The third kappa shape index (κ3) is 3.19. The predicted octanol–water partition coefficient (Wildman–Crippen LogP) is 1.61. The SMILES string of the molecule is CNC(C)(C#N)CN1CC(C)CCC1C. The van der Waals surface area contributed by atoms with Gasteiger partial charge in [0.2, 0.25) is 0 Å². The van der Waals surface area contributed by atoms with E-state index >= 15 is 0 Å². The van der Waals surface area contributed by atoms with Crippen LogP contribution >= 0.6 is 0 Å². The van der Waals surface area contributed by atoms with Crippen molar-refractivity contribution < 1.29 is 0 Å². The monoisotopic (exact) mass is 209 g/mol. The number of nitrogens with one attached hydrogen (secondary N) is 1. The Bertz CT molecular complexity index is 246. The Morgan fingerprint density at radius 1 is 1.47 bits per heavy atom. The van der Waals surface area contributed by atoms with Crippen molar-refractivity contribution in [3.63, 3.8) is 0 Å². The summed E-state index contributed by atoms with van der Waals surface area (Å²) in [5.41, 5.74) is -0.411. The topological polar surface area (TPSA) is 39.1 Å². The summed E-state index contributed by atoms with van der Waals surface area (Å²) < 4.78 is 0. The van der Waals surface area contributed by atoms with Crippen LogP contribution in [0.5, 0.6) is 0 Å². The average molecular weight is 209 g/mol. The third-order valence-electron chi connectivity index (χ3n) is 3.56.